The summed E-state index contributed by atoms with van der Waals surface area (Å²) < 4.78 is 21.7. The molecule has 0 N–H and O–H groups in total. The third-order valence-electron chi connectivity index (χ3n) is 3.60. The number of pyridine rings is 1. The van der Waals surface area contributed by atoms with Crippen LogP contribution >= 0.6 is 0 Å². The van der Waals surface area contributed by atoms with Gasteiger partial charge < -0.3 is 18.9 Å². The van der Waals surface area contributed by atoms with Crippen LogP contribution in [0.1, 0.15) is 49.7 Å². The van der Waals surface area contributed by atoms with Crippen LogP contribution in [0.4, 0.5) is 0 Å². The van der Waals surface area contributed by atoms with Gasteiger partial charge in [-0.05, 0) is 38.8 Å². The molecule has 1 aromatic heterocycles. The Morgan fingerprint density at radius 3 is 2.23 bits per heavy atom. The number of Topliss-reactive ketones (excluding diaryl/α,β-unsaturated/α-hetero) is 1. The first-order chi connectivity index (χ1) is 12.6. The fourth-order valence-corrected chi connectivity index (χ4v) is 2.23. The standard InChI is InChI=1S/C20H33NO5/c1-4-20(22)18-7-8-21-19(16-18)6-5-9-23-10-11-24-12-13-25-14-15-26-17(2)3/h7-8,16-17H,4-6,9-15H2,1-3H3. The highest BCUT2D eigenvalue weighted by molar-refractivity contribution is 5.95. The van der Waals surface area contributed by atoms with Gasteiger partial charge in [0.2, 0.25) is 0 Å². The van der Waals surface area contributed by atoms with Crippen LogP contribution in [-0.2, 0) is 25.4 Å². The highest BCUT2D eigenvalue weighted by Gasteiger charge is 2.04. The van der Waals surface area contributed by atoms with Crippen molar-refractivity contribution in [2.75, 3.05) is 46.2 Å². The lowest BCUT2D eigenvalue weighted by Crippen LogP contribution is -2.13. The van der Waals surface area contributed by atoms with Crippen molar-refractivity contribution < 1.29 is 23.7 Å². The fraction of sp³-hybridized carbons (Fsp3) is 0.700. The Bertz CT molecular complexity index is 493. The van der Waals surface area contributed by atoms with E-state index in [2.05, 4.69) is 4.98 Å². The minimum Gasteiger partial charge on any atom is -0.379 e. The average molecular weight is 367 g/mol. The molecule has 1 aromatic rings. The van der Waals surface area contributed by atoms with Crippen LogP contribution in [0.5, 0.6) is 0 Å². The molecule has 0 aliphatic heterocycles. The Kier molecular flexibility index (Phi) is 12.9. The number of aryl methyl sites for hydroxylation is 1. The molecule has 0 saturated carbocycles. The predicted octanol–water partition coefficient (Wildman–Crippen LogP) is 3.08. The number of ketones is 1. The van der Waals surface area contributed by atoms with E-state index in [4.69, 9.17) is 18.9 Å². The van der Waals surface area contributed by atoms with Gasteiger partial charge in [-0.3, -0.25) is 9.78 Å². The zero-order chi connectivity index (χ0) is 19.0. The normalized spacial score (nSPS) is 11.2. The Hall–Kier alpha value is -1.34. The number of hydrogen-bond donors (Lipinski definition) is 0. The highest BCUT2D eigenvalue weighted by Crippen LogP contribution is 2.07. The quantitative estimate of drug-likeness (QED) is 0.330. The number of carbonyl (C=O) groups is 1. The summed E-state index contributed by atoms with van der Waals surface area (Å²) in [6.07, 6.45) is 4.13. The maximum absolute atomic E-state index is 11.7. The molecule has 0 aliphatic rings. The molecule has 0 spiro atoms. The topological polar surface area (TPSA) is 66.9 Å². The summed E-state index contributed by atoms with van der Waals surface area (Å²) in [5.41, 5.74) is 1.67. The summed E-state index contributed by atoms with van der Waals surface area (Å²) in [5, 5.41) is 0. The van der Waals surface area contributed by atoms with Gasteiger partial charge in [0.05, 0.1) is 45.7 Å². The smallest absolute Gasteiger partial charge is 0.162 e. The maximum Gasteiger partial charge on any atom is 0.162 e. The molecule has 0 bridgehead atoms. The third-order valence-corrected chi connectivity index (χ3v) is 3.60. The van der Waals surface area contributed by atoms with E-state index in [0.29, 0.717) is 52.7 Å². The van der Waals surface area contributed by atoms with Gasteiger partial charge in [0.25, 0.3) is 0 Å². The number of hydrogen-bond acceptors (Lipinski definition) is 6. The van der Waals surface area contributed by atoms with Crippen molar-refractivity contribution in [3.8, 4) is 0 Å². The Morgan fingerprint density at radius 1 is 1.00 bits per heavy atom. The van der Waals surface area contributed by atoms with Crippen LogP contribution in [-0.4, -0.2) is 63.1 Å². The van der Waals surface area contributed by atoms with Gasteiger partial charge in [0.15, 0.2) is 5.78 Å². The first-order valence-electron chi connectivity index (χ1n) is 9.46. The lowest BCUT2D eigenvalue weighted by Gasteiger charge is -2.09. The molecule has 0 saturated heterocycles. The first-order valence-corrected chi connectivity index (χ1v) is 9.46. The van der Waals surface area contributed by atoms with Gasteiger partial charge in [-0.2, -0.15) is 0 Å². The fourth-order valence-electron chi connectivity index (χ4n) is 2.23. The summed E-state index contributed by atoms with van der Waals surface area (Å²) >= 11 is 0. The van der Waals surface area contributed by atoms with Crippen LogP contribution in [0.25, 0.3) is 0 Å². The van der Waals surface area contributed by atoms with Crippen molar-refractivity contribution >= 4 is 5.78 Å². The molecule has 0 aliphatic carbocycles. The van der Waals surface area contributed by atoms with Crippen molar-refractivity contribution in [3.63, 3.8) is 0 Å². The maximum atomic E-state index is 11.7. The first kappa shape index (κ1) is 22.7. The average Bonchev–Trinajstić information content (AvgIpc) is 2.64. The Morgan fingerprint density at radius 2 is 1.62 bits per heavy atom. The van der Waals surface area contributed by atoms with E-state index in [0.717, 1.165) is 24.1 Å². The molecule has 0 radical (unpaired) electrons. The molecule has 1 heterocycles. The number of carbonyl (C=O) groups excluding carboxylic acids is 1. The second-order valence-corrected chi connectivity index (χ2v) is 6.17. The van der Waals surface area contributed by atoms with Crippen molar-refractivity contribution in [2.24, 2.45) is 0 Å². The van der Waals surface area contributed by atoms with E-state index in [1.807, 2.05) is 26.8 Å². The van der Waals surface area contributed by atoms with E-state index >= 15 is 0 Å². The monoisotopic (exact) mass is 367 g/mol. The number of aromatic nitrogens is 1. The van der Waals surface area contributed by atoms with Crippen LogP contribution < -0.4 is 0 Å². The summed E-state index contributed by atoms with van der Waals surface area (Å²) in [6, 6.07) is 3.64. The van der Waals surface area contributed by atoms with E-state index in [9.17, 15) is 4.79 Å². The van der Waals surface area contributed by atoms with Gasteiger partial charge in [-0.25, -0.2) is 0 Å². The largest absolute Gasteiger partial charge is 0.379 e. The van der Waals surface area contributed by atoms with Gasteiger partial charge in [0, 0.05) is 30.5 Å². The van der Waals surface area contributed by atoms with E-state index in [-0.39, 0.29) is 11.9 Å². The number of nitrogens with zero attached hydrogens (tertiary/aromatic N) is 1. The zero-order valence-electron chi connectivity index (χ0n) is 16.4. The van der Waals surface area contributed by atoms with Crippen molar-refractivity contribution in [1.29, 1.82) is 0 Å². The van der Waals surface area contributed by atoms with Crippen LogP contribution in [0, 0.1) is 0 Å². The minimum absolute atomic E-state index is 0.151. The molecular weight excluding hydrogens is 334 g/mol. The molecule has 6 nitrogen and oxygen atoms in total. The number of rotatable bonds is 16. The lowest BCUT2D eigenvalue weighted by molar-refractivity contribution is -0.0118. The zero-order valence-corrected chi connectivity index (χ0v) is 16.4. The molecule has 1 rings (SSSR count). The lowest BCUT2D eigenvalue weighted by atomic mass is 10.1. The predicted molar refractivity (Wildman–Crippen MR) is 101 cm³/mol. The minimum atomic E-state index is 0.151. The van der Waals surface area contributed by atoms with Crippen molar-refractivity contribution in [1.82, 2.24) is 4.98 Å². The van der Waals surface area contributed by atoms with Crippen LogP contribution in [0.3, 0.4) is 0 Å². The molecule has 0 fully saturated rings. The molecule has 0 aromatic carbocycles. The molecule has 0 amide bonds. The van der Waals surface area contributed by atoms with E-state index < -0.39 is 0 Å². The number of ether oxygens (including phenoxy) is 4. The van der Waals surface area contributed by atoms with Gasteiger partial charge >= 0.3 is 0 Å². The van der Waals surface area contributed by atoms with Gasteiger partial charge in [-0.1, -0.05) is 6.92 Å². The van der Waals surface area contributed by atoms with E-state index in [1.165, 1.54) is 0 Å². The molecular formula is C20H33NO5. The van der Waals surface area contributed by atoms with Crippen molar-refractivity contribution in [3.05, 3.63) is 29.6 Å². The molecule has 0 atom stereocenters. The summed E-state index contributed by atoms with van der Waals surface area (Å²) in [4.78, 5) is 16.0. The Labute approximate surface area is 157 Å². The van der Waals surface area contributed by atoms with Crippen LogP contribution in [0.15, 0.2) is 18.3 Å². The van der Waals surface area contributed by atoms with Crippen molar-refractivity contribution in [2.45, 2.75) is 46.1 Å². The second kappa shape index (κ2) is 14.8. The molecule has 148 valence electrons. The highest BCUT2D eigenvalue weighted by atomic mass is 16.6. The molecule has 6 heteroatoms. The van der Waals surface area contributed by atoms with E-state index in [1.54, 1.807) is 12.3 Å². The van der Waals surface area contributed by atoms with Gasteiger partial charge in [-0.15, -0.1) is 0 Å². The molecule has 0 unspecified atom stereocenters. The third kappa shape index (κ3) is 11.3. The Balaban J connectivity index is 1.93. The summed E-state index contributed by atoms with van der Waals surface area (Å²) in [7, 11) is 0. The second-order valence-electron chi connectivity index (χ2n) is 6.17. The summed E-state index contributed by atoms with van der Waals surface area (Å²) in [5.74, 6) is 0.151. The summed E-state index contributed by atoms with van der Waals surface area (Å²) in [6.45, 7) is 10.00. The SMILES string of the molecule is CCC(=O)c1ccnc(CCCOCCOCCOCCOC(C)C)c1. The molecule has 26 heavy (non-hydrogen) atoms. The van der Waals surface area contributed by atoms with Crippen LogP contribution in [0.2, 0.25) is 0 Å². The van der Waals surface area contributed by atoms with Gasteiger partial charge in [0.1, 0.15) is 0 Å².